The first-order valence-electron chi connectivity index (χ1n) is 13.0. The molecule has 0 saturated carbocycles. The van der Waals surface area contributed by atoms with Gasteiger partial charge in [-0.25, -0.2) is 0 Å². The maximum atomic E-state index is 13.0. The lowest BCUT2D eigenvalue weighted by Crippen LogP contribution is -2.46. The van der Waals surface area contributed by atoms with Gasteiger partial charge in [-0.2, -0.15) is 13.2 Å². The Morgan fingerprint density at radius 1 is 1.03 bits per heavy atom. The summed E-state index contributed by atoms with van der Waals surface area (Å²) in [4.78, 5) is 30.2. The molecule has 2 amide bonds. The number of benzene rings is 2. The molecule has 1 atom stereocenters. The van der Waals surface area contributed by atoms with Gasteiger partial charge in [0, 0.05) is 31.2 Å². The first-order chi connectivity index (χ1) is 17.8. The largest absolute Gasteiger partial charge is 0.405 e. The van der Waals surface area contributed by atoms with E-state index < -0.39 is 24.0 Å². The Kier molecular flexibility index (Phi) is 7.12. The maximum Gasteiger partial charge on any atom is 0.405 e. The number of nitrogens with zero attached hydrogens (tertiary/aromatic N) is 2. The van der Waals surface area contributed by atoms with Gasteiger partial charge in [0.1, 0.15) is 6.54 Å². The smallest absolute Gasteiger partial charge is 0.346 e. The predicted molar refractivity (Wildman–Crippen MR) is 136 cm³/mol. The molecule has 8 heteroatoms. The number of hydrogen-bond donors (Lipinski definition) is 1. The van der Waals surface area contributed by atoms with E-state index in [9.17, 15) is 22.8 Å². The van der Waals surface area contributed by atoms with Crippen molar-refractivity contribution in [1.29, 1.82) is 0 Å². The van der Waals surface area contributed by atoms with E-state index in [0.717, 1.165) is 67.6 Å². The van der Waals surface area contributed by atoms with Crippen LogP contribution in [0.4, 0.5) is 13.2 Å². The van der Waals surface area contributed by atoms with Gasteiger partial charge in [0.2, 0.25) is 5.91 Å². The minimum atomic E-state index is -4.45. The van der Waals surface area contributed by atoms with Gasteiger partial charge in [0.25, 0.3) is 5.91 Å². The van der Waals surface area contributed by atoms with E-state index in [4.69, 9.17) is 0 Å². The van der Waals surface area contributed by atoms with Crippen LogP contribution in [-0.2, 0) is 16.8 Å². The van der Waals surface area contributed by atoms with Crippen LogP contribution in [0, 0.1) is 0 Å². The van der Waals surface area contributed by atoms with Crippen LogP contribution in [0.1, 0.15) is 59.2 Å². The summed E-state index contributed by atoms with van der Waals surface area (Å²) in [6, 6.07) is 15.5. The second-order valence-electron chi connectivity index (χ2n) is 10.3. The molecule has 0 radical (unpaired) electrons. The van der Waals surface area contributed by atoms with Crippen molar-refractivity contribution in [3.63, 3.8) is 0 Å². The molecule has 0 spiro atoms. The van der Waals surface area contributed by atoms with Crippen LogP contribution in [-0.4, -0.2) is 60.0 Å². The molecule has 1 saturated heterocycles. The summed E-state index contributed by atoms with van der Waals surface area (Å²) in [6.45, 7) is 2.04. The molecular formula is C29H32F3N3O2. The zero-order valence-corrected chi connectivity index (χ0v) is 20.8. The normalized spacial score (nSPS) is 21.8. The molecule has 5 rings (SSSR count). The molecule has 3 aliphatic rings. The number of nitrogens with one attached hydrogen (secondary N) is 1. The standard InChI is InChI=1S/C29H32F3N3O2/c30-29(31,32)20-33-27(37)28(15-11-21-7-2-4-10-25(21)28)14-5-6-16-34-17-12-23(13-18-34)35-19-22-8-1-3-9-24(22)26(35)36/h1-4,7-11,15,23H,5-6,12-14,16-20H2,(H,33,37). The summed E-state index contributed by atoms with van der Waals surface area (Å²) in [5.41, 5.74) is 2.50. The first kappa shape index (κ1) is 25.5. The third-order valence-electron chi connectivity index (χ3n) is 7.99. The average Bonchev–Trinajstić information content (AvgIpc) is 3.44. The lowest BCUT2D eigenvalue weighted by molar-refractivity contribution is -0.141. The van der Waals surface area contributed by atoms with Crippen molar-refractivity contribution in [2.45, 2.75) is 56.3 Å². The van der Waals surface area contributed by atoms with Crippen LogP contribution in [0.2, 0.25) is 0 Å². The van der Waals surface area contributed by atoms with Gasteiger partial charge >= 0.3 is 6.18 Å². The topological polar surface area (TPSA) is 52.7 Å². The van der Waals surface area contributed by atoms with Gasteiger partial charge in [0.05, 0.1) is 5.41 Å². The van der Waals surface area contributed by atoms with Crippen LogP contribution < -0.4 is 5.32 Å². The monoisotopic (exact) mass is 511 g/mol. The lowest BCUT2D eigenvalue weighted by Gasteiger charge is -2.37. The highest BCUT2D eigenvalue weighted by Crippen LogP contribution is 2.40. The number of halogens is 3. The molecule has 196 valence electrons. The number of carbonyl (C=O) groups excluding carboxylic acids is 2. The van der Waals surface area contributed by atoms with Gasteiger partial charge in [0.15, 0.2) is 0 Å². The van der Waals surface area contributed by atoms with Crippen LogP contribution in [0.25, 0.3) is 6.08 Å². The highest BCUT2D eigenvalue weighted by atomic mass is 19.4. The zero-order chi connectivity index (χ0) is 26.0. The minimum Gasteiger partial charge on any atom is -0.346 e. The van der Waals surface area contributed by atoms with E-state index in [1.807, 2.05) is 59.5 Å². The molecule has 1 aliphatic carbocycles. The fraction of sp³-hybridized carbons (Fsp3) is 0.448. The number of unbranched alkanes of at least 4 members (excludes halogenated alkanes) is 1. The molecule has 37 heavy (non-hydrogen) atoms. The first-order valence-corrected chi connectivity index (χ1v) is 13.0. The van der Waals surface area contributed by atoms with Crippen molar-refractivity contribution in [2.24, 2.45) is 0 Å². The van der Waals surface area contributed by atoms with Crippen molar-refractivity contribution in [1.82, 2.24) is 15.1 Å². The van der Waals surface area contributed by atoms with Crippen molar-refractivity contribution in [3.8, 4) is 0 Å². The number of carbonyl (C=O) groups is 2. The number of alkyl halides is 3. The van der Waals surface area contributed by atoms with E-state index >= 15 is 0 Å². The molecule has 2 aliphatic heterocycles. The fourth-order valence-corrected chi connectivity index (χ4v) is 6.00. The molecule has 1 N–H and O–H groups in total. The summed E-state index contributed by atoms with van der Waals surface area (Å²) >= 11 is 0. The molecule has 0 aromatic heterocycles. The van der Waals surface area contributed by atoms with Gasteiger partial charge in [-0.15, -0.1) is 0 Å². The van der Waals surface area contributed by atoms with E-state index in [2.05, 4.69) is 10.2 Å². The van der Waals surface area contributed by atoms with Gasteiger partial charge in [-0.3, -0.25) is 9.59 Å². The Hall–Kier alpha value is -3.13. The van der Waals surface area contributed by atoms with Crippen molar-refractivity contribution >= 4 is 17.9 Å². The number of amides is 2. The van der Waals surface area contributed by atoms with E-state index in [1.54, 1.807) is 6.08 Å². The number of likely N-dealkylation sites (tertiary alicyclic amines) is 1. The number of fused-ring (bicyclic) bond motifs is 2. The highest BCUT2D eigenvalue weighted by molar-refractivity contribution is 5.98. The molecule has 1 fully saturated rings. The minimum absolute atomic E-state index is 0.132. The fourth-order valence-electron chi connectivity index (χ4n) is 6.00. The molecule has 1 unspecified atom stereocenters. The summed E-state index contributed by atoms with van der Waals surface area (Å²) in [5, 5.41) is 2.12. The molecule has 2 aromatic carbocycles. The second-order valence-corrected chi connectivity index (χ2v) is 10.3. The van der Waals surface area contributed by atoms with E-state index in [-0.39, 0.29) is 11.9 Å². The molecule has 2 aromatic rings. The number of rotatable bonds is 8. The van der Waals surface area contributed by atoms with Crippen molar-refractivity contribution in [2.75, 3.05) is 26.2 Å². The molecule has 2 heterocycles. The summed E-state index contributed by atoms with van der Waals surface area (Å²) < 4.78 is 38.4. The van der Waals surface area contributed by atoms with Crippen LogP contribution in [0.15, 0.2) is 54.6 Å². The van der Waals surface area contributed by atoms with Crippen LogP contribution in [0.3, 0.4) is 0 Å². The Bertz CT molecular complexity index is 1190. The Labute approximate surface area is 215 Å². The van der Waals surface area contributed by atoms with Gasteiger partial charge < -0.3 is 15.1 Å². The third-order valence-corrected chi connectivity index (χ3v) is 7.99. The maximum absolute atomic E-state index is 13.0. The quantitative estimate of drug-likeness (QED) is 0.512. The van der Waals surface area contributed by atoms with Crippen molar-refractivity contribution in [3.05, 3.63) is 76.9 Å². The highest BCUT2D eigenvalue weighted by Gasteiger charge is 2.43. The van der Waals surface area contributed by atoms with Crippen molar-refractivity contribution < 1.29 is 22.8 Å². The zero-order valence-electron chi connectivity index (χ0n) is 20.8. The van der Waals surface area contributed by atoms with E-state index in [0.29, 0.717) is 13.0 Å². The lowest BCUT2D eigenvalue weighted by atomic mass is 9.77. The van der Waals surface area contributed by atoms with Gasteiger partial charge in [-0.1, -0.05) is 61.0 Å². The summed E-state index contributed by atoms with van der Waals surface area (Å²) in [7, 11) is 0. The number of hydrogen-bond acceptors (Lipinski definition) is 3. The summed E-state index contributed by atoms with van der Waals surface area (Å²) in [5.74, 6) is -0.462. The molecular weight excluding hydrogens is 479 g/mol. The van der Waals surface area contributed by atoms with Crippen LogP contribution >= 0.6 is 0 Å². The predicted octanol–water partition coefficient (Wildman–Crippen LogP) is 4.92. The number of piperidine rings is 1. The third kappa shape index (κ3) is 5.30. The van der Waals surface area contributed by atoms with E-state index in [1.165, 1.54) is 0 Å². The van der Waals surface area contributed by atoms with Gasteiger partial charge in [-0.05, 0) is 55.0 Å². The molecule has 0 bridgehead atoms. The second kappa shape index (κ2) is 10.3. The average molecular weight is 512 g/mol. The summed E-state index contributed by atoms with van der Waals surface area (Å²) in [6.07, 6.45) is 3.04. The SMILES string of the molecule is O=C1c2ccccc2CN1C1CCN(CCCCC2(C(=O)NCC(F)(F)F)C=Cc3ccccc32)CC1. The Morgan fingerprint density at radius 3 is 2.51 bits per heavy atom. The molecule has 5 nitrogen and oxygen atoms in total. The Balaban J connectivity index is 1.13. The Morgan fingerprint density at radius 2 is 1.76 bits per heavy atom. The van der Waals surface area contributed by atoms with Crippen LogP contribution in [0.5, 0.6) is 0 Å².